The summed E-state index contributed by atoms with van der Waals surface area (Å²) in [5, 5.41) is 21.7. The van der Waals surface area contributed by atoms with Crippen LogP contribution in [0.15, 0.2) is 24.3 Å². The molecule has 5 nitrogen and oxygen atoms in total. The summed E-state index contributed by atoms with van der Waals surface area (Å²) in [6.45, 7) is 8.19. The fraction of sp³-hybridized carbons (Fsp3) is 0.250. The van der Waals surface area contributed by atoms with E-state index < -0.39 is 0 Å². The number of H-pyrrole nitrogens is 1. The van der Waals surface area contributed by atoms with E-state index in [1.165, 1.54) is 10.7 Å². The van der Waals surface area contributed by atoms with Gasteiger partial charge in [0.15, 0.2) is 0 Å². The predicted octanol–water partition coefficient (Wildman–Crippen LogP) is 3.13. The first kappa shape index (κ1) is 15.9. The van der Waals surface area contributed by atoms with Gasteiger partial charge in [-0.15, -0.1) is 5.10 Å². The quantitative estimate of drug-likeness (QED) is 0.512. The van der Waals surface area contributed by atoms with Crippen molar-refractivity contribution in [2.75, 3.05) is 0 Å². The highest BCUT2D eigenvalue weighted by Crippen LogP contribution is 2.23. The monoisotopic (exact) mass is 311 g/mol. The van der Waals surface area contributed by atoms with Gasteiger partial charge in [0, 0.05) is 6.92 Å². The fourth-order valence-electron chi connectivity index (χ4n) is 2.42. The van der Waals surface area contributed by atoms with Gasteiger partial charge in [0.25, 0.3) is 0 Å². The molecule has 0 fully saturated rings. The van der Waals surface area contributed by atoms with Crippen LogP contribution >= 0.6 is 12.2 Å². The van der Waals surface area contributed by atoms with E-state index in [0.717, 1.165) is 33.7 Å². The van der Waals surface area contributed by atoms with E-state index >= 15 is 0 Å². The average Bonchev–Trinajstić information content (AvgIpc) is 2.84. The third kappa shape index (κ3) is 2.93. The van der Waals surface area contributed by atoms with Crippen molar-refractivity contribution in [2.24, 2.45) is 0 Å². The number of aromatic nitrogens is 4. The molecule has 2 aromatic heterocycles. The normalized spacial score (nSPS) is 10.0. The first-order valence-corrected chi connectivity index (χ1v) is 7.23. The molecular weight excluding hydrogens is 294 g/mol. The molecule has 22 heavy (non-hydrogen) atoms. The molecule has 6 heteroatoms. The van der Waals surface area contributed by atoms with Crippen molar-refractivity contribution in [2.45, 2.75) is 27.7 Å². The van der Waals surface area contributed by atoms with Crippen LogP contribution in [-0.4, -0.2) is 20.0 Å². The molecule has 2 heterocycles. The zero-order valence-electron chi connectivity index (χ0n) is 13.0. The van der Waals surface area contributed by atoms with Crippen LogP contribution in [0.2, 0.25) is 0 Å². The van der Waals surface area contributed by atoms with Crippen molar-refractivity contribution in [3.63, 3.8) is 0 Å². The molecule has 0 aliphatic heterocycles. The lowest BCUT2D eigenvalue weighted by Gasteiger charge is -2.04. The summed E-state index contributed by atoms with van der Waals surface area (Å²) in [7, 11) is 0. The second-order valence-electron chi connectivity index (χ2n) is 5.08. The van der Waals surface area contributed by atoms with E-state index in [-0.39, 0.29) is 0 Å². The molecule has 112 valence electrons. The minimum atomic E-state index is 0.926. The largest absolute Gasteiger partial charge is 0.753 e. The minimum absolute atomic E-state index is 0.926. The highest BCUT2D eigenvalue weighted by Gasteiger charge is 2.17. The summed E-state index contributed by atoms with van der Waals surface area (Å²) in [6.07, 6.45) is 0. The van der Waals surface area contributed by atoms with Crippen molar-refractivity contribution in [3.05, 3.63) is 52.3 Å². The molecule has 0 atom stereocenters. The van der Waals surface area contributed by atoms with Crippen molar-refractivity contribution >= 4 is 28.3 Å². The minimum Gasteiger partial charge on any atom is -0.753 e. The third-order valence-electron chi connectivity index (χ3n) is 3.50. The molecule has 0 amide bonds. The molecule has 0 unspecified atom stereocenters. The highest BCUT2D eigenvalue weighted by atomic mass is 32.1. The summed E-state index contributed by atoms with van der Waals surface area (Å²) in [6, 6.07) is 8.39. The Kier molecular flexibility index (Phi) is 4.75. The Morgan fingerprint density at radius 3 is 2.27 bits per heavy atom. The molecule has 0 radical (unpaired) electrons. The molecule has 3 rings (SSSR count). The van der Waals surface area contributed by atoms with Crippen LogP contribution in [0.4, 0.5) is 0 Å². The van der Waals surface area contributed by atoms with Crippen LogP contribution in [-0.2, 0) is 0 Å². The number of thiocarbonyl (C=S) groups is 1. The van der Waals surface area contributed by atoms with Gasteiger partial charge in [-0.25, -0.2) is 4.68 Å². The Labute approximate surface area is 134 Å². The summed E-state index contributed by atoms with van der Waals surface area (Å²) in [5.41, 5.74) is 6.41. The number of nitrogens with one attached hydrogen (secondary N) is 1. The van der Waals surface area contributed by atoms with Gasteiger partial charge in [-0.05, 0) is 38.0 Å². The smallest absolute Gasteiger partial charge is 0.214 e. The molecular formula is C16H17N5S. The lowest BCUT2D eigenvalue weighted by Crippen LogP contribution is -2.14. The molecule has 0 aliphatic carbocycles. The first-order valence-electron chi connectivity index (χ1n) is 6.82. The maximum Gasteiger partial charge on any atom is 0.214 e. The van der Waals surface area contributed by atoms with Crippen molar-refractivity contribution in [1.82, 2.24) is 14.9 Å². The van der Waals surface area contributed by atoms with E-state index in [0.29, 0.717) is 0 Å². The summed E-state index contributed by atoms with van der Waals surface area (Å²) < 4.78 is 1.99. The molecule has 0 saturated carbocycles. The van der Waals surface area contributed by atoms with E-state index in [1.54, 1.807) is 0 Å². The standard InChI is InChI=1S/C15H16N4.CNS/c1-9-5-7-13(8-6-9)19-12(4)14-10(2)16-17-11(3)15(14)18-19;2-1-3/h5-8H,1-4H3;/q;-1/p+1. The number of nitrogens with zero attached hydrogens (tertiary/aromatic N) is 4. The Morgan fingerprint density at radius 2 is 1.73 bits per heavy atom. The van der Waals surface area contributed by atoms with Crippen LogP contribution in [0.1, 0.15) is 22.6 Å². The van der Waals surface area contributed by atoms with Gasteiger partial charge >= 0.3 is 0 Å². The maximum atomic E-state index is 7.13. The molecule has 0 bridgehead atoms. The lowest BCUT2D eigenvalue weighted by molar-refractivity contribution is -0.462. The van der Waals surface area contributed by atoms with Crippen LogP contribution in [0.3, 0.4) is 0 Å². The van der Waals surface area contributed by atoms with Crippen molar-refractivity contribution in [1.29, 1.82) is 0 Å². The number of benzene rings is 1. The molecule has 0 spiro atoms. The van der Waals surface area contributed by atoms with Gasteiger partial charge in [0.2, 0.25) is 5.69 Å². The first-order chi connectivity index (χ1) is 10.5. The van der Waals surface area contributed by atoms with Gasteiger partial charge in [0.1, 0.15) is 11.2 Å². The van der Waals surface area contributed by atoms with Crippen LogP contribution in [0.5, 0.6) is 0 Å². The van der Waals surface area contributed by atoms with Gasteiger partial charge in [-0.2, -0.15) is 10.3 Å². The summed E-state index contributed by atoms with van der Waals surface area (Å²) >= 11 is 3.70. The Hall–Kier alpha value is -2.43. The van der Waals surface area contributed by atoms with E-state index in [4.69, 9.17) is 10.5 Å². The van der Waals surface area contributed by atoms with Gasteiger partial charge in [-0.3, -0.25) is 0 Å². The number of isothiocyanates is 1. The summed E-state index contributed by atoms with van der Waals surface area (Å²) in [5.74, 6) is 0. The number of aromatic amines is 1. The maximum absolute atomic E-state index is 7.13. The zero-order chi connectivity index (χ0) is 16.3. The molecule has 1 aromatic carbocycles. The Bertz CT molecular complexity index is 843. The van der Waals surface area contributed by atoms with E-state index in [1.807, 2.05) is 18.5 Å². The molecule has 3 aromatic rings. The highest BCUT2D eigenvalue weighted by molar-refractivity contribution is 7.78. The number of fused-ring (bicyclic) bond motifs is 1. The van der Waals surface area contributed by atoms with Gasteiger partial charge in [0.05, 0.1) is 16.8 Å². The average molecular weight is 311 g/mol. The second-order valence-corrected chi connectivity index (χ2v) is 5.26. The molecule has 0 aliphatic rings. The van der Waals surface area contributed by atoms with Crippen LogP contribution in [0, 0.1) is 27.7 Å². The second kappa shape index (κ2) is 6.56. The Morgan fingerprint density at radius 1 is 1.14 bits per heavy atom. The summed E-state index contributed by atoms with van der Waals surface area (Å²) in [4.78, 5) is 0. The van der Waals surface area contributed by atoms with Crippen molar-refractivity contribution < 1.29 is 5.10 Å². The van der Waals surface area contributed by atoms with Gasteiger partial charge < -0.3 is 5.41 Å². The number of hydrogen-bond donors (Lipinski definition) is 0. The topological polar surface area (TPSA) is 67.2 Å². The molecule has 0 saturated heterocycles. The number of aryl methyl sites for hydroxylation is 4. The SMILES string of the molecule is Cc1ccc(-n2nc3c(C)n[nH+]c(C)c3c2C)cc1.[N-]=C=S. The number of rotatable bonds is 1. The lowest BCUT2D eigenvalue weighted by atomic mass is 10.2. The van der Waals surface area contributed by atoms with E-state index in [2.05, 4.69) is 60.5 Å². The predicted molar refractivity (Wildman–Crippen MR) is 90.3 cm³/mol. The van der Waals surface area contributed by atoms with Gasteiger partial charge in [-0.1, -0.05) is 29.9 Å². The Balaban J connectivity index is 0.000000545. The van der Waals surface area contributed by atoms with Crippen LogP contribution < -0.4 is 5.10 Å². The third-order valence-corrected chi connectivity index (χ3v) is 3.50. The van der Waals surface area contributed by atoms with Crippen molar-refractivity contribution in [3.8, 4) is 5.69 Å². The molecule has 1 N–H and O–H groups in total. The van der Waals surface area contributed by atoms with Crippen LogP contribution in [0.25, 0.3) is 22.0 Å². The number of hydrogen-bond acceptors (Lipinski definition) is 3. The van der Waals surface area contributed by atoms with E-state index in [9.17, 15) is 0 Å². The zero-order valence-corrected chi connectivity index (χ0v) is 13.8. The fourth-order valence-corrected chi connectivity index (χ4v) is 2.42.